The van der Waals surface area contributed by atoms with Gasteiger partial charge in [0.25, 0.3) is 0 Å². The highest BCUT2D eigenvalue weighted by molar-refractivity contribution is 5.56. The third-order valence-corrected chi connectivity index (χ3v) is 4.94. The zero-order chi connectivity index (χ0) is 20.4. The lowest BCUT2D eigenvalue weighted by Crippen LogP contribution is -2.33. The quantitative estimate of drug-likeness (QED) is 0.307. The van der Waals surface area contributed by atoms with E-state index >= 15 is 0 Å². The van der Waals surface area contributed by atoms with Crippen LogP contribution in [-0.2, 0) is 13.1 Å². The molecule has 0 unspecified atom stereocenters. The minimum absolute atomic E-state index is 0.892. The third-order valence-electron chi connectivity index (χ3n) is 4.94. The summed E-state index contributed by atoms with van der Waals surface area (Å²) in [5, 5.41) is 0. The molecule has 4 rings (SSSR count). The first-order chi connectivity index (χ1) is 14.8. The molecule has 0 spiro atoms. The minimum atomic E-state index is 0.892. The van der Waals surface area contributed by atoms with Gasteiger partial charge in [-0.3, -0.25) is 0 Å². The maximum atomic E-state index is 2.19. The maximum Gasteiger partial charge on any atom is 0.173 e. The third kappa shape index (κ3) is 5.86. The van der Waals surface area contributed by atoms with Crippen LogP contribution in [-0.4, -0.2) is 0 Å². The topological polar surface area (TPSA) is 7.76 Å². The van der Waals surface area contributed by atoms with Crippen LogP contribution in [0.2, 0.25) is 0 Å². The zero-order valence-electron chi connectivity index (χ0n) is 17.0. The number of pyridine rings is 2. The van der Waals surface area contributed by atoms with Crippen LogP contribution in [0.1, 0.15) is 22.3 Å². The summed E-state index contributed by atoms with van der Waals surface area (Å²) in [6.45, 7) is 1.78. The molecule has 2 nitrogen and oxygen atoms in total. The van der Waals surface area contributed by atoms with Gasteiger partial charge in [-0.15, -0.1) is 0 Å². The van der Waals surface area contributed by atoms with Gasteiger partial charge in [-0.05, 0) is 11.1 Å². The second kappa shape index (κ2) is 10.1. The number of aromatic nitrogens is 2. The van der Waals surface area contributed by atoms with Crippen LogP contribution in [0.15, 0.2) is 122 Å². The predicted octanol–water partition coefficient (Wildman–Crippen LogP) is 5.08. The van der Waals surface area contributed by atoms with Crippen LogP contribution in [0.25, 0.3) is 12.2 Å². The number of nitrogens with zero attached hydrogens (tertiary/aromatic N) is 2. The minimum Gasteiger partial charge on any atom is -0.201 e. The smallest absolute Gasteiger partial charge is 0.173 e. The summed E-state index contributed by atoms with van der Waals surface area (Å²) in [5.41, 5.74) is 5.00. The molecule has 0 bridgehead atoms. The van der Waals surface area contributed by atoms with Crippen LogP contribution < -0.4 is 9.13 Å². The molecule has 30 heavy (non-hydrogen) atoms. The van der Waals surface area contributed by atoms with Crippen molar-refractivity contribution in [3.63, 3.8) is 0 Å². The van der Waals surface area contributed by atoms with Crippen molar-refractivity contribution in [1.82, 2.24) is 0 Å². The Bertz CT molecular complexity index is 1000. The second-order valence-corrected chi connectivity index (χ2v) is 7.30. The summed E-state index contributed by atoms with van der Waals surface area (Å²) in [5.74, 6) is 0. The first kappa shape index (κ1) is 19.5. The predicted molar refractivity (Wildman–Crippen MR) is 122 cm³/mol. The van der Waals surface area contributed by atoms with E-state index in [-0.39, 0.29) is 0 Å². The molecule has 0 saturated heterocycles. The van der Waals surface area contributed by atoms with Crippen molar-refractivity contribution < 1.29 is 9.13 Å². The maximum absolute atomic E-state index is 2.19. The monoisotopic (exact) mass is 390 g/mol. The molecule has 2 heteroatoms. The molecule has 4 aromatic rings. The fraction of sp³-hybridized carbons (Fsp3) is 0.0714. The lowest BCUT2D eigenvalue weighted by Gasteiger charge is -1.98. The van der Waals surface area contributed by atoms with Gasteiger partial charge in [0.05, 0.1) is 0 Å². The van der Waals surface area contributed by atoms with Crippen LogP contribution in [0.5, 0.6) is 0 Å². The van der Waals surface area contributed by atoms with Gasteiger partial charge in [0.1, 0.15) is 0 Å². The molecule has 0 aliphatic heterocycles. The van der Waals surface area contributed by atoms with Crippen LogP contribution in [0.3, 0.4) is 0 Å². The van der Waals surface area contributed by atoms with Gasteiger partial charge in [-0.25, -0.2) is 9.13 Å². The molecule has 0 atom stereocenters. The van der Waals surface area contributed by atoms with Crippen molar-refractivity contribution in [2.24, 2.45) is 0 Å². The van der Waals surface area contributed by atoms with Crippen molar-refractivity contribution in [3.05, 3.63) is 144 Å². The largest absolute Gasteiger partial charge is 0.201 e. The molecule has 2 heterocycles. The summed E-state index contributed by atoms with van der Waals surface area (Å²) >= 11 is 0. The Morgan fingerprint density at radius 3 is 1.20 bits per heavy atom. The SMILES string of the molecule is C(/C=C/c1cc[n+](Cc2ccccc2)cc1)=C\c1cc[n+](Cc2ccccc2)cc1. The van der Waals surface area contributed by atoms with Gasteiger partial charge in [0, 0.05) is 35.4 Å². The van der Waals surface area contributed by atoms with E-state index in [1.165, 1.54) is 22.3 Å². The number of benzene rings is 2. The van der Waals surface area contributed by atoms with Gasteiger partial charge in [0.15, 0.2) is 37.9 Å². The Morgan fingerprint density at radius 2 is 0.833 bits per heavy atom. The second-order valence-electron chi connectivity index (χ2n) is 7.30. The Labute approximate surface area is 178 Å². The van der Waals surface area contributed by atoms with E-state index in [1.807, 2.05) is 12.1 Å². The number of allylic oxidation sites excluding steroid dienone is 2. The van der Waals surface area contributed by atoms with Crippen LogP contribution >= 0.6 is 0 Å². The highest BCUT2D eigenvalue weighted by Gasteiger charge is 2.02. The van der Waals surface area contributed by atoms with E-state index in [1.54, 1.807) is 0 Å². The average molecular weight is 391 g/mol. The molecule has 146 valence electrons. The molecule has 0 amide bonds. The molecule has 2 aromatic heterocycles. The van der Waals surface area contributed by atoms with Crippen molar-refractivity contribution in [3.8, 4) is 0 Å². The molecule has 0 saturated carbocycles. The summed E-state index contributed by atoms with van der Waals surface area (Å²) in [4.78, 5) is 0. The Kier molecular flexibility index (Phi) is 6.59. The first-order valence-electron chi connectivity index (χ1n) is 10.3. The molecular formula is C28H26N2+2. The molecule has 0 radical (unpaired) electrons. The fourth-order valence-corrected chi connectivity index (χ4v) is 3.29. The first-order valence-corrected chi connectivity index (χ1v) is 10.3. The summed E-state index contributed by atoms with van der Waals surface area (Å²) < 4.78 is 4.38. The van der Waals surface area contributed by atoms with Gasteiger partial charge >= 0.3 is 0 Å². The number of hydrogen-bond acceptors (Lipinski definition) is 0. The van der Waals surface area contributed by atoms with E-state index < -0.39 is 0 Å². The van der Waals surface area contributed by atoms with Crippen LogP contribution in [0.4, 0.5) is 0 Å². The van der Waals surface area contributed by atoms with Gasteiger partial charge in [0.2, 0.25) is 0 Å². The van der Waals surface area contributed by atoms with E-state index in [4.69, 9.17) is 0 Å². The van der Waals surface area contributed by atoms with Crippen molar-refractivity contribution in [2.45, 2.75) is 13.1 Å². The highest BCUT2D eigenvalue weighted by atomic mass is 14.9. The van der Waals surface area contributed by atoms with E-state index in [2.05, 4.69) is 131 Å². The Hall–Kier alpha value is -3.78. The molecule has 0 aliphatic rings. The van der Waals surface area contributed by atoms with E-state index in [0.717, 1.165) is 13.1 Å². The van der Waals surface area contributed by atoms with E-state index in [0.29, 0.717) is 0 Å². The molecular weight excluding hydrogens is 364 g/mol. The van der Waals surface area contributed by atoms with Crippen molar-refractivity contribution >= 4 is 12.2 Å². The van der Waals surface area contributed by atoms with Crippen molar-refractivity contribution in [2.75, 3.05) is 0 Å². The molecule has 2 aromatic carbocycles. The zero-order valence-corrected chi connectivity index (χ0v) is 17.0. The number of hydrogen-bond donors (Lipinski definition) is 0. The normalized spacial score (nSPS) is 11.3. The van der Waals surface area contributed by atoms with Gasteiger partial charge in [-0.2, -0.15) is 0 Å². The molecule has 0 N–H and O–H groups in total. The lowest BCUT2D eigenvalue weighted by molar-refractivity contribution is -0.688. The molecule has 0 aliphatic carbocycles. The van der Waals surface area contributed by atoms with Gasteiger partial charge < -0.3 is 0 Å². The Morgan fingerprint density at radius 1 is 0.467 bits per heavy atom. The Balaban J connectivity index is 1.30. The van der Waals surface area contributed by atoms with Crippen LogP contribution in [0, 0.1) is 0 Å². The van der Waals surface area contributed by atoms with E-state index in [9.17, 15) is 0 Å². The summed E-state index contributed by atoms with van der Waals surface area (Å²) in [7, 11) is 0. The fourth-order valence-electron chi connectivity index (χ4n) is 3.29. The summed E-state index contributed by atoms with van der Waals surface area (Å²) in [6.07, 6.45) is 16.9. The average Bonchev–Trinajstić information content (AvgIpc) is 2.80. The summed E-state index contributed by atoms with van der Waals surface area (Å²) in [6, 6.07) is 29.6. The number of rotatable bonds is 7. The van der Waals surface area contributed by atoms with Crippen molar-refractivity contribution in [1.29, 1.82) is 0 Å². The lowest BCUT2D eigenvalue weighted by atomic mass is 10.2. The van der Waals surface area contributed by atoms with Gasteiger partial charge in [-0.1, -0.05) is 85.0 Å². The molecule has 0 fully saturated rings. The standard InChI is InChI=1S/C28H26N2/c1-3-11-27(12-4-1)23-29-19-15-25(16-20-29)9-7-8-10-26-17-21-30(22-18-26)24-28-13-5-2-6-14-28/h1-22H,23-24H2/q+2/b9-7+,10-8+. The highest BCUT2D eigenvalue weighted by Crippen LogP contribution is 2.04.